The van der Waals surface area contributed by atoms with Gasteiger partial charge in [-0.2, -0.15) is 0 Å². The van der Waals surface area contributed by atoms with Crippen LogP contribution in [0.4, 0.5) is 4.39 Å². The standard InChI is InChI=1S/C13H20N2O.C7H7F.C2H6/c1-12(13-6-4-3-5-7-13)15(10-11-16)9-8-14-2;1-6-2-4-7(8)5-3-6;1-2/h3-7,11-12,14H,8-10H2,1-2H3;2-5H,1H3;1-2H3. The molecular formula is C22H33FN2O. The highest BCUT2D eigenvalue weighted by Crippen LogP contribution is 2.18. The average Bonchev–Trinajstić information content (AvgIpc) is 2.69. The van der Waals surface area contributed by atoms with Gasteiger partial charge in [0.1, 0.15) is 12.1 Å². The Kier molecular flexibility index (Phi) is 14.0. The topological polar surface area (TPSA) is 32.3 Å². The minimum atomic E-state index is -0.171. The molecule has 26 heavy (non-hydrogen) atoms. The van der Waals surface area contributed by atoms with E-state index in [9.17, 15) is 9.18 Å². The van der Waals surface area contributed by atoms with Crippen molar-refractivity contribution in [2.24, 2.45) is 0 Å². The molecule has 4 heteroatoms. The predicted molar refractivity (Wildman–Crippen MR) is 109 cm³/mol. The molecule has 1 N–H and O–H groups in total. The number of benzene rings is 2. The summed E-state index contributed by atoms with van der Waals surface area (Å²) in [6.45, 7) is 10.3. The van der Waals surface area contributed by atoms with Gasteiger partial charge in [-0.1, -0.05) is 61.9 Å². The van der Waals surface area contributed by atoms with Crippen LogP contribution in [0.15, 0.2) is 54.6 Å². The molecule has 0 spiro atoms. The summed E-state index contributed by atoms with van der Waals surface area (Å²) in [7, 11) is 1.92. The van der Waals surface area contributed by atoms with Crippen LogP contribution in [0.2, 0.25) is 0 Å². The lowest BCUT2D eigenvalue weighted by Crippen LogP contribution is -2.34. The zero-order chi connectivity index (χ0) is 19.8. The van der Waals surface area contributed by atoms with Crippen molar-refractivity contribution < 1.29 is 9.18 Å². The van der Waals surface area contributed by atoms with Crippen LogP contribution >= 0.6 is 0 Å². The van der Waals surface area contributed by atoms with E-state index in [-0.39, 0.29) is 11.9 Å². The molecule has 0 heterocycles. The van der Waals surface area contributed by atoms with Crippen molar-refractivity contribution in [3.05, 3.63) is 71.5 Å². The van der Waals surface area contributed by atoms with Gasteiger partial charge in [-0.05, 0) is 38.6 Å². The molecule has 0 amide bonds. The fourth-order valence-electron chi connectivity index (χ4n) is 2.27. The molecule has 0 aliphatic rings. The van der Waals surface area contributed by atoms with Crippen LogP contribution in [-0.4, -0.2) is 37.9 Å². The number of halogens is 1. The van der Waals surface area contributed by atoms with E-state index >= 15 is 0 Å². The number of carbonyl (C=O) groups excluding carboxylic acids is 1. The van der Waals surface area contributed by atoms with Crippen LogP contribution in [0.5, 0.6) is 0 Å². The first-order valence-electron chi connectivity index (χ1n) is 9.18. The van der Waals surface area contributed by atoms with Crippen molar-refractivity contribution in [3.8, 4) is 0 Å². The maximum absolute atomic E-state index is 12.1. The van der Waals surface area contributed by atoms with Gasteiger partial charge in [0.25, 0.3) is 0 Å². The average molecular weight is 361 g/mol. The lowest BCUT2D eigenvalue weighted by Gasteiger charge is -2.27. The van der Waals surface area contributed by atoms with E-state index in [0.29, 0.717) is 6.54 Å². The highest BCUT2D eigenvalue weighted by Gasteiger charge is 2.14. The fraction of sp³-hybridized carbons (Fsp3) is 0.409. The summed E-state index contributed by atoms with van der Waals surface area (Å²) in [6, 6.07) is 16.9. The second-order valence-corrected chi connectivity index (χ2v) is 5.65. The Morgan fingerprint density at radius 3 is 2.12 bits per heavy atom. The molecule has 0 aliphatic carbocycles. The summed E-state index contributed by atoms with van der Waals surface area (Å²) in [5, 5.41) is 3.11. The first-order valence-corrected chi connectivity index (χ1v) is 9.18. The molecule has 0 saturated carbocycles. The number of hydrogen-bond acceptors (Lipinski definition) is 3. The second kappa shape index (κ2) is 15.2. The molecule has 2 aromatic carbocycles. The highest BCUT2D eigenvalue weighted by molar-refractivity contribution is 5.52. The van der Waals surface area contributed by atoms with Crippen LogP contribution in [0.3, 0.4) is 0 Å². The Hall–Kier alpha value is -2.04. The van der Waals surface area contributed by atoms with Crippen LogP contribution in [0, 0.1) is 12.7 Å². The molecule has 0 radical (unpaired) electrons. The molecule has 1 unspecified atom stereocenters. The third kappa shape index (κ3) is 10.1. The molecule has 0 aliphatic heterocycles. The van der Waals surface area contributed by atoms with E-state index in [1.165, 1.54) is 17.7 Å². The van der Waals surface area contributed by atoms with Crippen molar-refractivity contribution in [1.29, 1.82) is 0 Å². The first-order chi connectivity index (χ1) is 12.6. The van der Waals surface area contributed by atoms with E-state index in [1.807, 2.05) is 46.0 Å². The molecule has 0 bridgehead atoms. The van der Waals surface area contributed by atoms with Crippen molar-refractivity contribution in [1.82, 2.24) is 10.2 Å². The van der Waals surface area contributed by atoms with Gasteiger partial charge in [0.15, 0.2) is 0 Å². The largest absolute Gasteiger partial charge is 0.318 e. The number of likely N-dealkylation sites (N-methyl/N-ethyl adjacent to an activating group) is 1. The van der Waals surface area contributed by atoms with Crippen LogP contribution in [0.1, 0.15) is 37.9 Å². The number of carbonyl (C=O) groups is 1. The van der Waals surface area contributed by atoms with Gasteiger partial charge in [-0.25, -0.2) is 4.39 Å². The van der Waals surface area contributed by atoms with Gasteiger partial charge in [-0.3, -0.25) is 4.90 Å². The molecule has 2 rings (SSSR count). The molecule has 1 atom stereocenters. The van der Waals surface area contributed by atoms with E-state index in [1.54, 1.807) is 12.1 Å². The van der Waals surface area contributed by atoms with E-state index in [0.717, 1.165) is 24.9 Å². The Bertz CT molecular complexity index is 551. The summed E-state index contributed by atoms with van der Waals surface area (Å²) < 4.78 is 12.1. The minimum Gasteiger partial charge on any atom is -0.318 e. The van der Waals surface area contributed by atoms with Crippen LogP contribution < -0.4 is 5.32 Å². The zero-order valence-electron chi connectivity index (χ0n) is 16.7. The molecule has 3 nitrogen and oxygen atoms in total. The summed E-state index contributed by atoms with van der Waals surface area (Å²) >= 11 is 0. The SMILES string of the molecule is CC.CNCCN(CC=O)C(C)c1ccccc1.Cc1ccc(F)cc1. The smallest absolute Gasteiger partial charge is 0.134 e. The molecule has 144 valence electrons. The molecule has 0 aromatic heterocycles. The molecule has 0 fully saturated rings. The van der Waals surface area contributed by atoms with Crippen molar-refractivity contribution in [2.45, 2.75) is 33.7 Å². The number of nitrogens with zero attached hydrogens (tertiary/aromatic N) is 1. The number of rotatable bonds is 7. The number of aryl methyl sites for hydroxylation is 1. The van der Waals surface area contributed by atoms with Crippen molar-refractivity contribution in [3.63, 3.8) is 0 Å². The lowest BCUT2D eigenvalue weighted by molar-refractivity contribution is -0.109. The third-order valence-electron chi connectivity index (χ3n) is 3.80. The number of nitrogens with one attached hydrogen (secondary N) is 1. The maximum Gasteiger partial charge on any atom is 0.134 e. The number of aldehydes is 1. The van der Waals surface area contributed by atoms with Crippen LogP contribution in [0.25, 0.3) is 0 Å². The predicted octanol–water partition coefficient (Wildman–Crippen LogP) is 4.63. The lowest BCUT2D eigenvalue weighted by atomic mass is 10.1. The van der Waals surface area contributed by atoms with Gasteiger partial charge >= 0.3 is 0 Å². The van der Waals surface area contributed by atoms with E-state index in [2.05, 4.69) is 29.3 Å². The van der Waals surface area contributed by atoms with Gasteiger partial charge in [-0.15, -0.1) is 0 Å². The van der Waals surface area contributed by atoms with Crippen molar-refractivity contribution in [2.75, 3.05) is 26.7 Å². The Morgan fingerprint density at radius 2 is 1.65 bits per heavy atom. The van der Waals surface area contributed by atoms with E-state index < -0.39 is 0 Å². The Balaban J connectivity index is 0.000000522. The van der Waals surface area contributed by atoms with Crippen LogP contribution in [-0.2, 0) is 4.79 Å². The van der Waals surface area contributed by atoms with E-state index in [4.69, 9.17) is 0 Å². The molecule has 0 saturated heterocycles. The molecule has 2 aromatic rings. The maximum atomic E-state index is 12.1. The van der Waals surface area contributed by atoms with Gasteiger partial charge < -0.3 is 10.1 Å². The zero-order valence-corrected chi connectivity index (χ0v) is 16.7. The summed E-state index contributed by atoms with van der Waals surface area (Å²) in [6.07, 6.45) is 0.967. The second-order valence-electron chi connectivity index (χ2n) is 5.65. The fourth-order valence-corrected chi connectivity index (χ4v) is 2.27. The summed E-state index contributed by atoms with van der Waals surface area (Å²) in [4.78, 5) is 12.8. The van der Waals surface area contributed by atoms with Gasteiger partial charge in [0.2, 0.25) is 0 Å². The minimum absolute atomic E-state index is 0.171. The summed E-state index contributed by atoms with van der Waals surface area (Å²) in [5.74, 6) is -0.171. The van der Waals surface area contributed by atoms with Gasteiger partial charge in [0.05, 0.1) is 6.54 Å². The normalized spacial score (nSPS) is 10.9. The Labute approximate surface area is 158 Å². The monoisotopic (exact) mass is 360 g/mol. The number of hydrogen-bond donors (Lipinski definition) is 1. The Morgan fingerprint density at radius 1 is 1.08 bits per heavy atom. The third-order valence-corrected chi connectivity index (χ3v) is 3.80. The first kappa shape index (κ1) is 24.0. The quantitative estimate of drug-likeness (QED) is 0.731. The summed E-state index contributed by atoms with van der Waals surface area (Å²) in [5.41, 5.74) is 2.34. The van der Waals surface area contributed by atoms with Crippen molar-refractivity contribution >= 4 is 6.29 Å². The highest BCUT2D eigenvalue weighted by atomic mass is 19.1. The van der Waals surface area contributed by atoms with Gasteiger partial charge in [0, 0.05) is 19.1 Å². The molecular weight excluding hydrogens is 327 g/mol.